The molecule has 0 aliphatic carbocycles. The number of hydrogen-bond acceptors (Lipinski definition) is 5. The highest BCUT2D eigenvalue weighted by Gasteiger charge is 2.10. The summed E-state index contributed by atoms with van der Waals surface area (Å²) in [4.78, 5) is 12.2. The molecule has 0 amide bonds. The molecule has 6 heteroatoms. The van der Waals surface area contributed by atoms with Crippen LogP contribution in [0.4, 0.5) is 0 Å². The van der Waals surface area contributed by atoms with Gasteiger partial charge in [-0.25, -0.2) is 4.79 Å². The second kappa shape index (κ2) is 7.10. The number of aromatic carboxylic acids is 1. The Morgan fingerprint density at radius 1 is 1.19 bits per heavy atom. The van der Waals surface area contributed by atoms with Gasteiger partial charge in [-0.3, -0.25) is 0 Å². The van der Waals surface area contributed by atoms with Crippen molar-refractivity contribution in [3.8, 4) is 11.5 Å². The molecule has 112 valence electrons. The minimum Gasteiger partial charge on any atom is -0.493 e. The largest absolute Gasteiger partial charge is 0.493 e. The first kappa shape index (κ1) is 15.3. The maximum atomic E-state index is 10.8. The Morgan fingerprint density at radius 3 is 2.62 bits per heavy atom. The van der Waals surface area contributed by atoms with Gasteiger partial charge in [0.05, 0.1) is 14.2 Å². The van der Waals surface area contributed by atoms with E-state index in [1.54, 1.807) is 20.3 Å². The summed E-state index contributed by atoms with van der Waals surface area (Å²) in [6.07, 6.45) is 0. The average Bonchev–Trinajstić information content (AvgIpc) is 2.96. The van der Waals surface area contributed by atoms with Gasteiger partial charge >= 0.3 is 5.97 Å². The zero-order valence-corrected chi connectivity index (χ0v) is 12.7. The van der Waals surface area contributed by atoms with Crippen LogP contribution in [0.15, 0.2) is 30.3 Å². The molecule has 21 heavy (non-hydrogen) atoms. The lowest BCUT2D eigenvalue weighted by Crippen LogP contribution is -2.12. The van der Waals surface area contributed by atoms with E-state index in [-0.39, 0.29) is 0 Å². The first-order chi connectivity index (χ1) is 10.2. The molecule has 1 aromatic carbocycles. The molecule has 1 aromatic heterocycles. The predicted molar refractivity (Wildman–Crippen MR) is 81.4 cm³/mol. The number of benzene rings is 1. The molecule has 0 fully saturated rings. The number of methoxy groups -OCH3 is 2. The van der Waals surface area contributed by atoms with Crippen molar-refractivity contribution < 1.29 is 19.4 Å². The lowest BCUT2D eigenvalue weighted by molar-refractivity contribution is 0.0702. The van der Waals surface area contributed by atoms with Crippen LogP contribution in [-0.2, 0) is 13.1 Å². The summed E-state index contributed by atoms with van der Waals surface area (Å²) in [6.45, 7) is 1.22. The van der Waals surface area contributed by atoms with Gasteiger partial charge in [0.1, 0.15) is 4.88 Å². The molecule has 0 saturated heterocycles. The van der Waals surface area contributed by atoms with Crippen LogP contribution >= 0.6 is 11.3 Å². The Hall–Kier alpha value is -2.05. The SMILES string of the molecule is COc1cccc(CNCc2ccc(C(=O)O)s2)c1OC. The first-order valence-corrected chi connectivity index (χ1v) is 7.20. The van der Waals surface area contributed by atoms with E-state index >= 15 is 0 Å². The maximum Gasteiger partial charge on any atom is 0.345 e. The van der Waals surface area contributed by atoms with Crippen molar-refractivity contribution in [3.63, 3.8) is 0 Å². The summed E-state index contributed by atoms with van der Waals surface area (Å²) in [5.41, 5.74) is 0.992. The van der Waals surface area contributed by atoms with Gasteiger partial charge in [-0.05, 0) is 18.2 Å². The van der Waals surface area contributed by atoms with Crippen molar-refractivity contribution in [1.29, 1.82) is 0 Å². The van der Waals surface area contributed by atoms with Crippen molar-refractivity contribution in [3.05, 3.63) is 45.6 Å². The fraction of sp³-hybridized carbons (Fsp3) is 0.267. The van der Waals surface area contributed by atoms with Gasteiger partial charge in [-0.2, -0.15) is 0 Å². The Bertz CT molecular complexity index is 624. The second-order valence-corrected chi connectivity index (χ2v) is 5.50. The molecule has 5 nitrogen and oxygen atoms in total. The van der Waals surface area contributed by atoms with E-state index in [9.17, 15) is 4.79 Å². The van der Waals surface area contributed by atoms with Crippen molar-refractivity contribution in [1.82, 2.24) is 5.32 Å². The third-order valence-corrected chi connectivity index (χ3v) is 4.04. The van der Waals surface area contributed by atoms with E-state index in [0.29, 0.717) is 29.5 Å². The van der Waals surface area contributed by atoms with E-state index in [4.69, 9.17) is 14.6 Å². The number of carbonyl (C=O) groups is 1. The Labute approximate surface area is 127 Å². The lowest BCUT2D eigenvalue weighted by atomic mass is 10.2. The number of para-hydroxylation sites is 1. The molecular weight excluding hydrogens is 290 g/mol. The monoisotopic (exact) mass is 307 g/mol. The smallest absolute Gasteiger partial charge is 0.345 e. The molecule has 0 atom stereocenters. The van der Waals surface area contributed by atoms with Crippen LogP contribution in [0.2, 0.25) is 0 Å². The molecule has 0 radical (unpaired) electrons. The molecule has 0 aliphatic heterocycles. The Kier molecular flexibility index (Phi) is 5.19. The standard InChI is InChI=1S/C15H17NO4S/c1-19-12-5-3-4-10(14(12)20-2)8-16-9-11-6-7-13(21-11)15(17)18/h3-7,16H,8-9H2,1-2H3,(H,17,18). The predicted octanol–water partition coefficient (Wildman–Crippen LogP) is 2.75. The quantitative estimate of drug-likeness (QED) is 0.823. The van der Waals surface area contributed by atoms with E-state index in [2.05, 4.69) is 5.32 Å². The third-order valence-electron chi connectivity index (χ3n) is 2.97. The van der Waals surface area contributed by atoms with Gasteiger partial charge in [-0.15, -0.1) is 11.3 Å². The fourth-order valence-electron chi connectivity index (χ4n) is 2.00. The van der Waals surface area contributed by atoms with E-state index < -0.39 is 5.97 Å². The average molecular weight is 307 g/mol. The molecule has 2 rings (SSSR count). The lowest BCUT2D eigenvalue weighted by Gasteiger charge is -2.12. The van der Waals surface area contributed by atoms with Crippen LogP contribution in [0.1, 0.15) is 20.1 Å². The minimum atomic E-state index is -0.888. The molecule has 2 N–H and O–H groups in total. The molecule has 0 bridgehead atoms. The van der Waals surface area contributed by atoms with Crippen LogP contribution in [0, 0.1) is 0 Å². The molecule has 0 saturated carbocycles. The van der Waals surface area contributed by atoms with E-state index in [1.165, 1.54) is 11.3 Å². The van der Waals surface area contributed by atoms with Gasteiger partial charge < -0.3 is 19.9 Å². The van der Waals surface area contributed by atoms with Crippen LogP contribution in [0.3, 0.4) is 0 Å². The topological polar surface area (TPSA) is 67.8 Å². The van der Waals surface area contributed by atoms with Crippen molar-refractivity contribution in [2.45, 2.75) is 13.1 Å². The second-order valence-electron chi connectivity index (χ2n) is 4.33. The maximum absolute atomic E-state index is 10.8. The van der Waals surface area contributed by atoms with Gasteiger partial charge in [0.25, 0.3) is 0 Å². The van der Waals surface area contributed by atoms with Gasteiger partial charge in [0.2, 0.25) is 0 Å². The van der Waals surface area contributed by atoms with Crippen molar-refractivity contribution >= 4 is 17.3 Å². The van der Waals surface area contributed by atoms with Crippen molar-refractivity contribution in [2.75, 3.05) is 14.2 Å². The number of hydrogen-bond donors (Lipinski definition) is 2. The van der Waals surface area contributed by atoms with E-state index in [1.807, 2.05) is 24.3 Å². The van der Waals surface area contributed by atoms with Crippen LogP contribution in [0.25, 0.3) is 0 Å². The number of rotatable bonds is 7. The highest BCUT2D eigenvalue weighted by Crippen LogP contribution is 2.30. The Balaban J connectivity index is 1.98. The molecule has 0 aliphatic rings. The number of thiophene rings is 1. The fourth-order valence-corrected chi connectivity index (χ4v) is 2.82. The van der Waals surface area contributed by atoms with Crippen LogP contribution < -0.4 is 14.8 Å². The summed E-state index contributed by atoms with van der Waals surface area (Å²) in [5, 5.41) is 12.2. The number of carboxylic acids is 1. The highest BCUT2D eigenvalue weighted by atomic mass is 32.1. The number of nitrogens with one attached hydrogen (secondary N) is 1. The number of carboxylic acid groups (broad SMARTS) is 1. The van der Waals surface area contributed by atoms with Crippen LogP contribution in [0.5, 0.6) is 11.5 Å². The molecular formula is C15H17NO4S. The zero-order valence-electron chi connectivity index (χ0n) is 11.9. The normalized spacial score (nSPS) is 10.4. The van der Waals surface area contributed by atoms with Crippen molar-refractivity contribution in [2.24, 2.45) is 0 Å². The molecule has 0 unspecified atom stereocenters. The summed E-state index contributed by atoms with van der Waals surface area (Å²) >= 11 is 1.28. The van der Waals surface area contributed by atoms with Gasteiger partial charge in [0, 0.05) is 23.5 Å². The minimum absolute atomic E-state index is 0.353. The summed E-state index contributed by atoms with van der Waals surface area (Å²) in [5.74, 6) is 0.520. The third kappa shape index (κ3) is 3.74. The first-order valence-electron chi connectivity index (χ1n) is 6.38. The Morgan fingerprint density at radius 2 is 2.00 bits per heavy atom. The molecule has 2 aromatic rings. The van der Waals surface area contributed by atoms with Gasteiger partial charge in [-0.1, -0.05) is 12.1 Å². The molecule has 0 spiro atoms. The van der Waals surface area contributed by atoms with Gasteiger partial charge in [0.15, 0.2) is 11.5 Å². The van der Waals surface area contributed by atoms with Crippen LogP contribution in [-0.4, -0.2) is 25.3 Å². The summed E-state index contributed by atoms with van der Waals surface area (Å²) in [6, 6.07) is 9.16. The zero-order chi connectivity index (χ0) is 15.2. The summed E-state index contributed by atoms with van der Waals surface area (Å²) in [7, 11) is 3.22. The number of ether oxygens (including phenoxy) is 2. The van der Waals surface area contributed by atoms with E-state index in [0.717, 1.165) is 10.4 Å². The summed E-state index contributed by atoms with van der Waals surface area (Å²) < 4.78 is 10.6. The molecule has 1 heterocycles. The highest BCUT2D eigenvalue weighted by molar-refractivity contribution is 7.13.